The molecule has 0 saturated heterocycles. The van der Waals surface area contributed by atoms with Gasteiger partial charge in [0.25, 0.3) is 0 Å². The quantitative estimate of drug-likeness (QED) is 0.848. The number of hydrogen-bond acceptors (Lipinski definition) is 3. The number of ether oxygens (including phenoxy) is 1. The van der Waals surface area contributed by atoms with Gasteiger partial charge in [-0.15, -0.1) is 0 Å². The lowest BCUT2D eigenvalue weighted by molar-refractivity contribution is 0.0806. The Morgan fingerprint density at radius 2 is 1.95 bits per heavy atom. The lowest BCUT2D eigenvalue weighted by Gasteiger charge is -2.26. The zero-order valence-corrected chi connectivity index (χ0v) is 12.1. The smallest absolute Gasteiger partial charge is 0.173 e. The van der Waals surface area contributed by atoms with Gasteiger partial charge in [0, 0.05) is 12.0 Å². The van der Waals surface area contributed by atoms with Gasteiger partial charge in [0.05, 0.1) is 12.7 Å². The zero-order chi connectivity index (χ0) is 14.0. The highest BCUT2D eigenvalue weighted by Gasteiger charge is 2.41. The molecule has 0 aliphatic heterocycles. The molecule has 0 atom stereocenters. The van der Waals surface area contributed by atoms with E-state index in [1.54, 1.807) is 7.11 Å². The molecule has 1 aliphatic carbocycles. The second kappa shape index (κ2) is 5.33. The van der Waals surface area contributed by atoms with E-state index in [4.69, 9.17) is 10.5 Å². The van der Waals surface area contributed by atoms with Gasteiger partial charge in [-0.05, 0) is 43.9 Å². The van der Waals surface area contributed by atoms with Crippen LogP contribution in [0.1, 0.15) is 47.2 Å². The van der Waals surface area contributed by atoms with Crippen molar-refractivity contribution in [1.29, 1.82) is 0 Å². The molecular weight excluding hydrogens is 238 g/mol. The molecule has 2 N–H and O–H groups in total. The minimum atomic E-state index is -0.366. The van der Waals surface area contributed by atoms with Gasteiger partial charge in [0.15, 0.2) is 5.78 Å². The van der Waals surface area contributed by atoms with Gasteiger partial charge in [-0.25, -0.2) is 0 Å². The third-order valence-electron chi connectivity index (χ3n) is 4.56. The molecule has 0 aromatic heterocycles. The number of Topliss-reactive ketones (excluding diaryl/α,β-unsaturated/α-hetero) is 1. The predicted octanol–water partition coefficient (Wildman–Crippen LogP) is 3.01. The van der Waals surface area contributed by atoms with Crippen LogP contribution in [0.4, 0.5) is 0 Å². The van der Waals surface area contributed by atoms with Gasteiger partial charge < -0.3 is 10.5 Å². The maximum atomic E-state index is 12.9. The fourth-order valence-corrected chi connectivity index (χ4v) is 3.09. The van der Waals surface area contributed by atoms with Crippen LogP contribution in [-0.2, 0) is 0 Å². The summed E-state index contributed by atoms with van der Waals surface area (Å²) in [5.74, 6) is 0.872. The van der Waals surface area contributed by atoms with E-state index in [1.807, 2.05) is 26.0 Å². The highest BCUT2D eigenvalue weighted by atomic mass is 16.5. The highest BCUT2D eigenvalue weighted by molar-refractivity contribution is 6.03. The molecule has 1 aromatic rings. The topological polar surface area (TPSA) is 52.3 Å². The van der Waals surface area contributed by atoms with Crippen molar-refractivity contribution < 1.29 is 9.53 Å². The van der Waals surface area contributed by atoms with E-state index in [0.717, 1.165) is 36.8 Å². The van der Waals surface area contributed by atoms with Crippen molar-refractivity contribution in [1.82, 2.24) is 0 Å². The Balaban J connectivity index is 2.47. The highest BCUT2D eigenvalue weighted by Crippen LogP contribution is 2.42. The second-order valence-corrected chi connectivity index (χ2v) is 5.61. The van der Waals surface area contributed by atoms with Crippen molar-refractivity contribution in [3.05, 3.63) is 28.8 Å². The van der Waals surface area contributed by atoms with Crippen LogP contribution in [0, 0.1) is 19.3 Å². The number of aryl methyl sites for hydroxylation is 1. The van der Waals surface area contributed by atoms with E-state index in [-0.39, 0.29) is 11.2 Å². The lowest BCUT2D eigenvalue weighted by Crippen LogP contribution is -2.36. The SMILES string of the molecule is COc1c(C(=O)C2(CN)CCCC2)ccc(C)c1C. The van der Waals surface area contributed by atoms with Gasteiger partial charge in [-0.2, -0.15) is 0 Å². The van der Waals surface area contributed by atoms with Gasteiger partial charge in [-0.1, -0.05) is 18.9 Å². The maximum Gasteiger partial charge on any atom is 0.173 e. The van der Waals surface area contributed by atoms with Crippen LogP contribution < -0.4 is 10.5 Å². The van der Waals surface area contributed by atoms with Gasteiger partial charge in [0.1, 0.15) is 5.75 Å². The molecule has 0 amide bonds. The molecule has 3 nitrogen and oxygen atoms in total. The van der Waals surface area contributed by atoms with Crippen molar-refractivity contribution in [3.8, 4) is 5.75 Å². The minimum Gasteiger partial charge on any atom is -0.496 e. The van der Waals surface area contributed by atoms with Crippen LogP contribution in [0.2, 0.25) is 0 Å². The van der Waals surface area contributed by atoms with Crippen molar-refractivity contribution in [2.24, 2.45) is 11.1 Å². The Morgan fingerprint density at radius 1 is 1.32 bits per heavy atom. The van der Waals surface area contributed by atoms with Crippen LogP contribution in [0.15, 0.2) is 12.1 Å². The van der Waals surface area contributed by atoms with Crippen LogP contribution >= 0.6 is 0 Å². The molecule has 0 radical (unpaired) electrons. The number of hydrogen-bond donors (Lipinski definition) is 1. The number of carbonyl (C=O) groups is 1. The number of ketones is 1. The first-order chi connectivity index (χ1) is 9.05. The van der Waals surface area contributed by atoms with E-state index < -0.39 is 0 Å². The summed E-state index contributed by atoms with van der Waals surface area (Å²) in [7, 11) is 1.63. The van der Waals surface area contributed by atoms with Crippen LogP contribution in [-0.4, -0.2) is 19.4 Å². The first-order valence-electron chi connectivity index (χ1n) is 6.95. The van der Waals surface area contributed by atoms with E-state index in [1.165, 1.54) is 0 Å². The number of benzene rings is 1. The van der Waals surface area contributed by atoms with E-state index in [0.29, 0.717) is 17.9 Å². The summed E-state index contributed by atoms with van der Waals surface area (Å²) in [6.07, 6.45) is 3.99. The second-order valence-electron chi connectivity index (χ2n) is 5.61. The number of nitrogens with two attached hydrogens (primary N) is 1. The summed E-state index contributed by atoms with van der Waals surface area (Å²) in [5, 5.41) is 0. The molecule has 1 saturated carbocycles. The Morgan fingerprint density at radius 3 is 2.47 bits per heavy atom. The number of methoxy groups -OCH3 is 1. The Bertz CT molecular complexity index is 488. The molecule has 104 valence electrons. The number of carbonyl (C=O) groups excluding carboxylic acids is 1. The van der Waals surface area contributed by atoms with E-state index in [2.05, 4.69) is 0 Å². The van der Waals surface area contributed by atoms with Crippen LogP contribution in [0.3, 0.4) is 0 Å². The van der Waals surface area contributed by atoms with Crippen LogP contribution in [0.25, 0.3) is 0 Å². The van der Waals surface area contributed by atoms with Crippen molar-refractivity contribution in [2.45, 2.75) is 39.5 Å². The molecule has 0 spiro atoms. The molecule has 0 heterocycles. The molecule has 19 heavy (non-hydrogen) atoms. The van der Waals surface area contributed by atoms with E-state index in [9.17, 15) is 4.79 Å². The third kappa shape index (κ3) is 2.27. The summed E-state index contributed by atoms with van der Waals surface area (Å²) in [6, 6.07) is 3.88. The monoisotopic (exact) mass is 261 g/mol. The third-order valence-corrected chi connectivity index (χ3v) is 4.56. The maximum absolute atomic E-state index is 12.9. The average molecular weight is 261 g/mol. The van der Waals surface area contributed by atoms with Crippen LogP contribution in [0.5, 0.6) is 5.75 Å². The molecule has 1 aliphatic rings. The fraction of sp³-hybridized carbons (Fsp3) is 0.562. The Labute approximate surface area is 115 Å². The molecule has 0 unspecified atom stereocenters. The summed E-state index contributed by atoms with van der Waals surface area (Å²) in [4.78, 5) is 12.9. The predicted molar refractivity (Wildman–Crippen MR) is 76.8 cm³/mol. The van der Waals surface area contributed by atoms with Gasteiger partial charge in [-0.3, -0.25) is 4.79 Å². The van der Waals surface area contributed by atoms with E-state index >= 15 is 0 Å². The zero-order valence-electron chi connectivity index (χ0n) is 12.1. The summed E-state index contributed by atoms with van der Waals surface area (Å²) in [6.45, 7) is 4.46. The fourth-order valence-electron chi connectivity index (χ4n) is 3.09. The minimum absolute atomic E-state index is 0.160. The summed E-state index contributed by atoms with van der Waals surface area (Å²) in [5.41, 5.74) is 8.41. The normalized spacial score (nSPS) is 17.5. The van der Waals surface area contributed by atoms with Crippen molar-refractivity contribution in [2.75, 3.05) is 13.7 Å². The largest absolute Gasteiger partial charge is 0.496 e. The molecular formula is C16H23NO2. The standard InChI is InChI=1S/C16H23NO2/c1-11-6-7-13(14(19-3)12(11)2)15(18)16(10-17)8-4-5-9-16/h6-7H,4-5,8-10,17H2,1-3H3. The lowest BCUT2D eigenvalue weighted by atomic mass is 9.78. The number of rotatable bonds is 4. The molecule has 1 aromatic carbocycles. The van der Waals surface area contributed by atoms with Crippen molar-refractivity contribution in [3.63, 3.8) is 0 Å². The molecule has 0 bridgehead atoms. The summed E-state index contributed by atoms with van der Waals surface area (Å²) < 4.78 is 5.47. The van der Waals surface area contributed by atoms with Crippen molar-refractivity contribution >= 4 is 5.78 Å². The first-order valence-corrected chi connectivity index (χ1v) is 6.95. The molecule has 2 rings (SSSR count). The first kappa shape index (κ1) is 14.1. The Kier molecular flexibility index (Phi) is 3.95. The molecule has 1 fully saturated rings. The summed E-state index contributed by atoms with van der Waals surface area (Å²) >= 11 is 0. The van der Waals surface area contributed by atoms with Gasteiger partial charge >= 0.3 is 0 Å². The molecule has 3 heteroatoms. The van der Waals surface area contributed by atoms with Gasteiger partial charge in [0.2, 0.25) is 0 Å². The Hall–Kier alpha value is -1.35. The average Bonchev–Trinajstić information content (AvgIpc) is 2.91.